The average Bonchev–Trinajstić information content (AvgIpc) is 2.85. The third kappa shape index (κ3) is 3.35. The van der Waals surface area contributed by atoms with Gasteiger partial charge in [0, 0.05) is 5.02 Å². The van der Waals surface area contributed by atoms with Crippen molar-refractivity contribution >= 4 is 11.6 Å². The standard InChI is InChI=1S/C14H16ClNO/c1-2-16-13(14-4-3-9-17-14)10-11-5-7-12(15)8-6-11/h3-9,13,16H,2,10H2,1H3. The van der Waals surface area contributed by atoms with E-state index in [-0.39, 0.29) is 6.04 Å². The number of nitrogens with one attached hydrogen (secondary N) is 1. The van der Waals surface area contributed by atoms with Gasteiger partial charge in [-0.3, -0.25) is 0 Å². The Morgan fingerprint density at radius 2 is 2.00 bits per heavy atom. The van der Waals surface area contributed by atoms with Gasteiger partial charge in [0.05, 0.1) is 12.3 Å². The molecule has 0 aliphatic heterocycles. The number of furan rings is 1. The van der Waals surface area contributed by atoms with Crippen molar-refractivity contribution in [3.63, 3.8) is 0 Å². The Hall–Kier alpha value is -1.25. The van der Waals surface area contributed by atoms with Gasteiger partial charge in [0.15, 0.2) is 0 Å². The van der Waals surface area contributed by atoms with E-state index in [1.165, 1.54) is 5.56 Å². The lowest BCUT2D eigenvalue weighted by Crippen LogP contribution is -2.22. The van der Waals surface area contributed by atoms with Crippen LogP contribution < -0.4 is 5.32 Å². The van der Waals surface area contributed by atoms with Gasteiger partial charge in [0.2, 0.25) is 0 Å². The minimum atomic E-state index is 0.219. The highest BCUT2D eigenvalue weighted by Gasteiger charge is 2.13. The maximum Gasteiger partial charge on any atom is 0.121 e. The molecule has 1 aromatic carbocycles. The van der Waals surface area contributed by atoms with Crippen molar-refractivity contribution in [3.05, 3.63) is 59.0 Å². The van der Waals surface area contributed by atoms with E-state index in [0.29, 0.717) is 0 Å². The highest BCUT2D eigenvalue weighted by atomic mass is 35.5. The van der Waals surface area contributed by atoms with Crippen molar-refractivity contribution < 1.29 is 4.42 Å². The molecule has 0 radical (unpaired) electrons. The molecule has 1 atom stereocenters. The van der Waals surface area contributed by atoms with Crippen molar-refractivity contribution in [1.82, 2.24) is 5.32 Å². The molecule has 0 saturated heterocycles. The molecular formula is C14H16ClNO. The Kier molecular flexibility index (Phi) is 4.24. The molecule has 90 valence electrons. The van der Waals surface area contributed by atoms with E-state index in [1.807, 2.05) is 24.3 Å². The van der Waals surface area contributed by atoms with Crippen LogP contribution in [0.4, 0.5) is 0 Å². The first-order chi connectivity index (χ1) is 8.29. The second-order valence-electron chi connectivity index (χ2n) is 3.96. The van der Waals surface area contributed by atoms with Crippen LogP contribution in [0.1, 0.15) is 24.3 Å². The molecular weight excluding hydrogens is 234 g/mol. The smallest absolute Gasteiger partial charge is 0.121 e. The second kappa shape index (κ2) is 5.89. The molecule has 1 heterocycles. The van der Waals surface area contributed by atoms with Gasteiger partial charge in [-0.05, 0) is 42.8 Å². The van der Waals surface area contributed by atoms with Gasteiger partial charge >= 0.3 is 0 Å². The summed E-state index contributed by atoms with van der Waals surface area (Å²) >= 11 is 5.87. The molecule has 0 aliphatic rings. The summed E-state index contributed by atoms with van der Waals surface area (Å²) in [6.07, 6.45) is 2.61. The van der Waals surface area contributed by atoms with Crippen LogP contribution in [0, 0.1) is 0 Å². The Labute approximate surface area is 107 Å². The molecule has 2 rings (SSSR count). The van der Waals surface area contributed by atoms with Gasteiger partial charge in [0.25, 0.3) is 0 Å². The summed E-state index contributed by atoms with van der Waals surface area (Å²) in [5, 5.41) is 4.19. The molecule has 2 nitrogen and oxygen atoms in total. The minimum absolute atomic E-state index is 0.219. The quantitative estimate of drug-likeness (QED) is 0.871. The molecule has 2 aromatic rings. The third-order valence-corrected chi connectivity index (χ3v) is 2.94. The van der Waals surface area contributed by atoms with E-state index in [1.54, 1.807) is 6.26 Å². The molecule has 3 heteroatoms. The lowest BCUT2D eigenvalue weighted by molar-refractivity contribution is 0.416. The zero-order valence-electron chi connectivity index (χ0n) is 9.82. The zero-order valence-corrected chi connectivity index (χ0v) is 10.6. The summed E-state index contributed by atoms with van der Waals surface area (Å²) in [5.74, 6) is 0.974. The SMILES string of the molecule is CCNC(Cc1ccc(Cl)cc1)c1ccco1. The van der Waals surface area contributed by atoms with E-state index >= 15 is 0 Å². The van der Waals surface area contributed by atoms with Gasteiger partial charge in [0.1, 0.15) is 5.76 Å². The van der Waals surface area contributed by atoms with Gasteiger partial charge in [-0.25, -0.2) is 0 Å². The van der Waals surface area contributed by atoms with Crippen molar-refractivity contribution in [2.24, 2.45) is 0 Å². The highest BCUT2D eigenvalue weighted by molar-refractivity contribution is 6.30. The molecule has 1 unspecified atom stereocenters. The maximum atomic E-state index is 5.87. The van der Waals surface area contributed by atoms with E-state index < -0.39 is 0 Å². The van der Waals surface area contributed by atoms with Crippen LogP contribution in [0.25, 0.3) is 0 Å². The van der Waals surface area contributed by atoms with Crippen LogP contribution in [-0.2, 0) is 6.42 Å². The fourth-order valence-electron chi connectivity index (χ4n) is 1.87. The Morgan fingerprint density at radius 1 is 1.24 bits per heavy atom. The van der Waals surface area contributed by atoms with Crippen molar-refractivity contribution in [1.29, 1.82) is 0 Å². The van der Waals surface area contributed by atoms with Crippen LogP contribution in [0.15, 0.2) is 47.1 Å². The fourth-order valence-corrected chi connectivity index (χ4v) is 1.99. The molecule has 0 amide bonds. The summed E-state index contributed by atoms with van der Waals surface area (Å²) in [5.41, 5.74) is 1.25. The predicted molar refractivity (Wildman–Crippen MR) is 70.3 cm³/mol. The molecule has 0 fully saturated rings. The van der Waals surface area contributed by atoms with Crippen LogP contribution in [0.3, 0.4) is 0 Å². The topological polar surface area (TPSA) is 25.2 Å². The Balaban J connectivity index is 2.10. The van der Waals surface area contributed by atoms with Gasteiger partial charge in [-0.2, -0.15) is 0 Å². The number of hydrogen-bond donors (Lipinski definition) is 1. The van der Waals surface area contributed by atoms with Crippen LogP contribution in [0.2, 0.25) is 5.02 Å². The molecule has 0 saturated carbocycles. The Morgan fingerprint density at radius 3 is 2.59 bits per heavy atom. The van der Waals surface area contributed by atoms with Crippen LogP contribution in [-0.4, -0.2) is 6.54 Å². The Bertz CT molecular complexity index is 436. The van der Waals surface area contributed by atoms with Gasteiger partial charge < -0.3 is 9.73 Å². The first-order valence-electron chi connectivity index (χ1n) is 5.81. The molecule has 0 spiro atoms. The number of benzene rings is 1. The van der Waals surface area contributed by atoms with Crippen molar-refractivity contribution in [2.45, 2.75) is 19.4 Å². The minimum Gasteiger partial charge on any atom is -0.468 e. The lowest BCUT2D eigenvalue weighted by atomic mass is 10.0. The first kappa shape index (κ1) is 12.2. The summed E-state index contributed by atoms with van der Waals surface area (Å²) < 4.78 is 5.46. The first-order valence-corrected chi connectivity index (χ1v) is 6.18. The molecule has 0 bridgehead atoms. The maximum absolute atomic E-state index is 5.87. The largest absolute Gasteiger partial charge is 0.468 e. The average molecular weight is 250 g/mol. The molecule has 1 aromatic heterocycles. The number of rotatable bonds is 5. The van der Waals surface area contributed by atoms with Crippen molar-refractivity contribution in [2.75, 3.05) is 6.54 Å². The van der Waals surface area contributed by atoms with E-state index in [4.69, 9.17) is 16.0 Å². The molecule has 17 heavy (non-hydrogen) atoms. The molecule has 0 aliphatic carbocycles. The number of halogens is 1. The fraction of sp³-hybridized carbons (Fsp3) is 0.286. The van der Waals surface area contributed by atoms with Crippen molar-refractivity contribution in [3.8, 4) is 0 Å². The monoisotopic (exact) mass is 249 g/mol. The van der Waals surface area contributed by atoms with Gasteiger partial charge in [-0.1, -0.05) is 30.7 Å². The van der Waals surface area contributed by atoms with E-state index in [9.17, 15) is 0 Å². The number of hydrogen-bond acceptors (Lipinski definition) is 2. The summed E-state index contributed by atoms with van der Waals surface area (Å²) in [4.78, 5) is 0. The van der Waals surface area contributed by atoms with Crippen LogP contribution in [0.5, 0.6) is 0 Å². The van der Waals surface area contributed by atoms with E-state index in [0.717, 1.165) is 23.7 Å². The second-order valence-corrected chi connectivity index (χ2v) is 4.39. The summed E-state index contributed by atoms with van der Waals surface area (Å²) in [6.45, 7) is 3.01. The summed E-state index contributed by atoms with van der Waals surface area (Å²) in [7, 11) is 0. The third-order valence-electron chi connectivity index (χ3n) is 2.69. The predicted octanol–water partition coefficient (Wildman–Crippen LogP) is 3.83. The zero-order chi connectivity index (χ0) is 12.1. The van der Waals surface area contributed by atoms with Gasteiger partial charge in [-0.15, -0.1) is 0 Å². The number of likely N-dealkylation sites (N-methyl/N-ethyl adjacent to an activating group) is 1. The van der Waals surface area contributed by atoms with Crippen LogP contribution >= 0.6 is 11.6 Å². The highest BCUT2D eigenvalue weighted by Crippen LogP contribution is 2.20. The lowest BCUT2D eigenvalue weighted by Gasteiger charge is -2.15. The van der Waals surface area contributed by atoms with E-state index in [2.05, 4.69) is 24.4 Å². The molecule has 1 N–H and O–H groups in total. The normalized spacial score (nSPS) is 12.6. The summed E-state index contributed by atoms with van der Waals surface area (Å²) in [6, 6.07) is 12.1.